The summed E-state index contributed by atoms with van der Waals surface area (Å²) in [6.07, 6.45) is 11.5. The van der Waals surface area contributed by atoms with Gasteiger partial charge in [-0.2, -0.15) is 0 Å². The number of benzene rings is 5. The zero-order valence-electron chi connectivity index (χ0n) is 35.7. The van der Waals surface area contributed by atoms with Crippen LogP contribution in [0.3, 0.4) is 0 Å². The number of hydrogen-bond donors (Lipinski definition) is 2. The lowest BCUT2D eigenvalue weighted by molar-refractivity contribution is -0.693. The van der Waals surface area contributed by atoms with Crippen LogP contribution in [0.15, 0.2) is 186 Å². The third-order valence-electron chi connectivity index (χ3n) is 9.63. The van der Waals surface area contributed by atoms with Crippen LogP contribution in [0.4, 0.5) is 11.4 Å². The first kappa shape index (κ1) is 47.9. The number of anilines is 2. The van der Waals surface area contributed by atoms with Gasteiger partial charge >= 0.3 is 0 Å². The number of rotatable bonds is 11. The first-order valence-corrected chi connectivity index (χ1v) is 23.0. The molecule has 0 spiro atoms. The predicted molar refractivity (Wildman–Crippen MR) is 246 cm³/mol. The highest BCUT2D eigenvalue weighted by Crippen LogP contribution is 2.22. The summed E-state index contributed by atoms with van der Waals surface area (Å²) in [4.78, 5) is 24.9. The van der Waals surface area contributed by atoms with Crippen molar-refractivity contribution < 1.29 is 44.7 Å². The Morgan fingerprint density at radius 1 is 0.531 bits per heavy atom. The quantitative estimate of drug-likeness (QED) is 0.0739. The minimum atomic E-state index is -4.27. The van der Waals surface area contributed by atoms with Crippen molar-refractivity contribution in [3.05, 3.63) is 199 Å². The highest BCUT2D eigenvalue weighted by atomic mass is 32.2. The number of nitrogens with one attached hydrogen (secondary N) is 2. The van der Waals surface area contributed by atoms with Crippen molar-refractivity contribution >= 4 is 49.5 Å². The molecule has 12 nitrogen and oxygen atoms in total. The van der Waals surface area contributed by atoms with Crippen molar-refractivity contribution in [3.63, 3.8) is 0 Å². The van der Waals surface area contributed by atoms with Crippen molar-refractivity contribution in [1.82, 2.24) is 0 Å². The van der Waals surface area contributed by atoms with Crippen LogP contribution in [-0.4, -0.2) is 37.8 Å². The fraction of sp³-hybridized carbons (Fsp3) is 0.120. The van der Waals surface area contributed by atoms with Crippen molar-refractivity contribution in [2.24, 2.45) is 0 Å². The van der Waals surface area contributed by atoms with E-state index in [9.17, 15) is 35.5 Å². The molecule has 7 rings (SSSR count). The molecule has 7 aromatic rings. The van der Waals surface area contributed by atoms with Crippen LogP contribution in [-0.2, 0) is 38.1 Å². The number of pyridine rings is 2. The number of aryl methyl sites for hydroxylation is 4. The number of carbonyl (C=O) groups is 2. The van der Waals surface area contributed by atoms with Gasteiger partial charge in [0.1, 0.15) is 33.3 Å². The normalized spacial score (nSPS) is 11.1. The van der Waals surface area contributed by atoms with Gasteiger partial charge in [0.2, 0.25) is 5.91 Å². The second-order valence-electron chi connectivity index (χ2n) is 14.4. The molecule has 0 aliphatic heterocycles. The summed E-state index contributed by atoms with van der Waals surface area (Å²) in [5, 5.41) is 5.84. The molecule has 14 heteroatoms. The van der Waals surface area contributed by atoms with E-state index in [1.165, 1.54) is 30.3 Å². The lowest BCUT2D eigenvalue weighted by atomic mass is 10.1. The molecule has 328 valence electrons. The minimum absolute atomic E-state index is 0.178. The standard InChI is InChI=1S/C36H32N4O2.2C7H8O3S/c1-3-39-23-5-7-31(25-39)28-14-18-33(19-15-28)37-35(41)22-11-27-9-12-30(13-10-27)36(42)38-34-20-16-29(17-21-34)32-8-6-24-40(4-2)26-32;2*1-6-2-4-7(5-3-6)11(8,9)10/h5-26H,3-4H2,1-2H3;2*2-5H,1H3,(H,8,9,10)/b22-11+;;. The van der Waals surface area contributed by atoms with Crippen LogP contribution >= 0.6 is 0 Å². The number of hydrogen-bond acceptors (Lipinski definition) is 8. The monoisotopic (exact) mass is 896 g/mol. The summed E-state index contributed by atoms with van der Waals surface area (Å²) in [6.45, 7) is 9.67. The van der Waals surface area contributed by atoms with E-state index in [0.717, 1.165) is 63.4 Å². The molecule has 0 aliphatic carbocycles. The molecular weight excluding hydrogens is 849 g/mol. The molecule has 0 saturated heterocycles. The van der Waals surface area contributed by atoms with Gasteiger partial charge in [0.25, 0.3) is 5.91 Å². The smallest absolute Gasteiger partial charge is 0.255 e. The molecule has 0 saturated carbocycles. The third-order valence-corrected chi connectivity index (χ3v) is 11.3. The summed E-state index contributed by atoms with van der Waals surface area (Å²) < 4.78 is 66.6. The zero-order valence-corrected chi connectivity index (χ0v) is 37.3. The molecule has 2 amide bonds. The van der Waals surface area contributed by atoms with Gasteiger partial charge in [0.05, 0.1) is 9.79 Å². The molecule has 64 heavy (non-hydrogen) atoms. The average Bonchev–Trinajstić information content (AvgIpc) is 3.29. The number of aromatic nitrogens is 2. The van der Waals surface area contributed by atoms with Gasteiger partial charge in [0.15, 0.2) is 24.8 Å². The minimum Gasteiger partial charge on any atom is -0.744 e. The second-order valence-corrected chi connectivity index (χ2v) is 17.2. The maximum Gasteiger partial charge on any atom is 0.255 e. The molecule has 0 atom stereocenters. The Labute approximate surface area is 374 Å². The highest BCUT2D eigenvalue weighted by Gasteiger charge is 2.09. The van der Waals surface area contributed by atoms with E-state index in [1.807, 2.05) is 99.0 Å². The van der Waals surface area contributed by atoms with Gasteiger partial charge in [0, 0.05) is 46.3 Å². The van der Waals surface area contributed by atoms with E-state index >= 15 is 0 Å². The predicted octanol–water partition coefficient (Wildman–Crippen LogP) is 8.34. The topological polar surface area (TPSA) is 180 Å². The summed E-state index contributed by atoms with van der Waals surface area (Å²) in [5.41, 5.74) is 9.09. The van der Waals surface area contributed by atoms with E-state index < -0.39 is 20.2 Å². The zero-order chi connectivity index (χ0) is 46.3. The summed E-state index contributed by atoms with van der Waals surface area (Å²) in [7, 11) is -8.54. The molecule has 0 unspecified atom stereocenters. The van der Waals surface area contributed by atoms with Crippen molar-refractivity contribution in [2.45, 2.75) is 50.6 Å². The van der Waals surface area contributed by atoms with Gasteiger partial charge < -0.3 is 19.7 Å². The molecule has 5 aromatic carbocycles. The summed E-state index contributed by atoms with van der Waals surface area (Å²) in [6, 6.07) is 42.5. The van der Waals surface area contributed by atoms with Crippen LogP contribution in [0.1, 0.15) is 40.9 Å². The first-order valence-electron chi connectivity index (χ1n) is 20.2. The van der Waals surface area contributed by atoms with Crippen LogP contribution in [0.2, 0.25) is 0 Å². The Kier molecular flexibility index (Phi) is 16.7. The van der Waals surface area contributed by atoms with Gasteiger partial charge in [-0.25, -0.2) is 26.0 Å². The van der Waals surface area contributed by atoms with Gasteiger partial charge in [-0.05, 0) is 123 Å². The largest absolute Gasteiger partial charge is 0.744 e. The average molecular weight is 897 g/mol. The second kappa shape index (κ2) is 22.3. The fourth-order valence-corrected chi connectivity index (χ4v) is 6.92. The lowest BCUT2D eigenvalue weighted by Crippen LogP contribution is -2.30. The maximum absolute atomic E-state index is 12.8. The Balaban J connectivity index is 0.000000284. The molecule has 0 bridgehead atoms. The van der Waals surface area contributed by atoms with Crippen LogP contribution in [0.5, 0.6) is 0 Å². The van der Waals surface area contributed by atoms with E-state index in [2.05, 4.69) is 58.1 Å². The SMILES string of the molecule is CC[n+]1cccc(-c2ccc(NC(=O)/C=C/c3ccc(C(=O)Nc4ccc(-c5ccc[n+](CC)c5)cc4)cc3)cc2)c1.Cc1ccc(S(=O)(=O)[O-])cc1.Cc1ccc(S(=O)(=O)[O-])cc1. The molecule has 0 fully saturated rings. The third kappa shape index (κ3) is 14.8. The van der Waals surface area contributed by atoms with Crippen LogP contribution in [0.25, 0.3) is 28.3 Å². The fourth-order valence-electron chi connectivity index (χ4n) is 5.99. The molecule has 2 heterocycles. The van der Waals surface area contributed by atoms with Gasteiger partial charge in [-0.3, -0.25) is 9.59 Å². The van der Waals surface area contributed by atoms with E-state index in [1.54, 1.807) is 42.5 Å². The van der Waals surface area contributed by atoms with E-state index in [-0.39, 0.29) is 21.6 Å². The summed E-state index contributed by atoms with van der Waals surface area (Å²) >= 11 is 0. The maximum atomic E-state index is 12.8. The van der Waals surface area contributed by atoms with Crippen molar-refractivity contribution in [2.75, 3.05) is 10.6 Å². The van der Waals surface area contributed by atoms with E-state index in [0.29, 0.717) is 5.56 Å². The van der Waals surface area contributed by atoms with Gasteiger partial charge in [-0.15, -0.1) is 0 Å². The Morgan fingerprint density at radius 3 is 1.33 bits per heavy atom. The number of carbonyl (C=O) groups excluding carboxylic acids is 2. The van der Waals surface area contributed by atoms with Crippen LogP contribution < -0.4 is 19.8 Å². The summed E-state index contributed by atoms with van der Waals surface area (Å²) in [5.74, 6) is -0.417. The van der Waals surface area contributed by atoms with Crippen molar-refractivity contribution in [3.8, 4) is 22.3 Å². The number of nitrogens with zero attached hydrogens (tertiary/aromatic N) is 2. The Hall–Kier alpha value is -7.10. The Bertz CT molecular complexity index is 2850. The molecule has 0 aliphatic rings. The highest BCUT2D eigenvalue weighted by molar-refractivity contribution is 7.86. The molecule has 2 aromatic heterocycles. The molecular formula is C50H48N4O8S2. The number of amides is 2. The lowest BCUT2D eigenvalue weighted by Gasteiger charge is -2.07. The first-order chi connectivity index (χ1) is 30.5. The van der Waals surface area contributed by atoms with Crippen molar-refractivity contribution in [1.29, 1.82) is 0 Å². The van der Waals surface area contributed by atoms with Gasteiger partial charge in [-0.1, -0.05) is 71.8 Å². The molecule has 2 N–H and O–H groups in total. The molecule has 0 radical (unpaired) electrons. The Morgan fingerprint density at radius 2 is 0.938 bits per heavy atom. The van der Waals surface area contributed by atoms with Crippen LogP contribution in [0, 0.1) is 13.8 Å². The van der Waals surface area contributed by atoms with E-state index in [4.69, 9.17) is 0 Å².